The van der Waals surface area contributed by atoms with Crippen molar-refractivity contribution >= 4 is 27.6 Å². The summed E-state index contributed by atoms with van der Waals surface area (Å²) in [6.07, 6.45) is 6.98. The number of nitrogens with zero attached hydrogens (tertiary/aromatic N) is 4. The summed E-state index contributed by atoms with van der Waals surface area (Å²) >= 11 is 1.40. The molecule has 1 aliphatic heterocycles. The van der Waals surface area contributed by atoms with E-state index in [9.17, 15) is 4.79 Å². The highest BCUT2D eigenvalue weighted by Crippen LogP contribution is 2.27. The Hall–Kier alpha value is -1.53. The Labute approximate surface area is 140 Å². The van der Waals surface area contributed by atoms with E-state index in [1.54, 1.807) is 6.20 Å². The average molecular weight is 330 g/mol. The van der Waals surface area contributed by atoms with E-state index >= 15 is 0 Å². The largest absolute Gasteiger partial charge is 0.335 e. The maximum Gasteiger partial charge on any atom is 0.282 e. The third-order valence-corrected chi connectivity index (χ3v) is 5.93. The lowest BCUT2D eigenvalue weighted by Gasteiger charge is -2.31. The molecule has 0 radical (unpaired) electrons. The van der Waals surface area contributed by atoms with Gasteiger partial charge in [-0.25, -0.2) is 9.97 Å². The molecule has 0 unspecified atom stereocenters. The molecule has 2 aromatic heterocycles. The molecule has 0 atom stereocenters. The van der Waals surface area contributed by atoms with Crippen molar-refractivity contribution in [3.8, 4) is 0 Å². The minimum Gasteiger partial charge on any atom is -0.335 e. The van der Waals surface area contributed by atoms with Gasteiger partial charge in [0, 0.05) is 32.4 Å². The van der Waals surface area contributed by atoms with Crippen LogP contribution in [0.3, 0.4) is 0 Å². The predicted molar refractivity (Wildman–Crippen MR) is 91.7 cm³/mol. The van der Waals surface area contributed by atoms with Crippen LogP contribution in [0.1, 0.15) is 35.5 Å². The normalized spacial score (nSPS) is 20.4. The van der Waals surface area contributed by atoms with E-state index in [4.69, 9.17) is 0 Å². The van der Waals surface area contributed by atoms with E-state index in [1.807, 2.05) is 17.0 Å². The summed E-state index contributed by atoms with van der Waals surface area (Å²) in [7, 11) is 0. The summed E-state index contributed by atoms with van der Waals surface area (Å²) in [4.78, 5) is 26.8. The molecule has 1 amide bonds. The van der Waals surface area contributed by atoms with Crippen molar-refractivity contribution in [2.75, 3.05) is 32.7 Å². The number of carbonyl (C=O) groups excluding carboxylic acids is 1. The van der Waals surface area contributed by atoms with Crippen LogP contribution >= 0.6 is 11.3 Å². The van der Waals surface area contributed by atoms with E-state index in [2.05, 4.69) is 14.9 Å². The number of hydrogen-bond acceptors (Lipinski definition) is 5. The first-order chi connectivity index (χ1) is 11.3. The van der Waals surface area contributed by atoms with E-state index in [1.165, 1.54) is 37.1 Å². The molecule has 122 valence electrons. The molecule has 2 aliphatic rings. The van der Waals surface area contributed by atoms with Gasteiger partial charge in [0.2, 0.25) is 0 Å². The van der Waals surface area contributed by atoms with Gasteiger partial charge in [0.15, 0.2) is 5.01 Å². The van der Waals surface area contributed by atoms with Crippen LogP contribution in [0, 0.1) is 5.92 Å². The molecule has 0 N–H and O–H groups in total. The highest BCUT2D eigenvalue weighted by atomic mass is 32.1. The van der Waals surface area contributed by atoms with Crippen molar-refractivity contribution in [3.63, 3.8) is 0 Å². The standard InChI is InChI=1S/C17H22N4OS/c22-17(16-19-14-6-2-7-18-15(14)23-16)21-9-3-8-20(10-11-21)12-13-4-1-5-13/h2,6-7,13H,1,3-5,8-12H2. The topological polar surface area (TPSA) is 49.3 Å². The molecule has 0 aromatic carbocycles. The van der Waals surface area contributed by atoms with Crippen LogP contribution < -0.4 is 0 Å². The summed E-state index contributed by atoms with van der Waals surface area (Å²) in [6, 6.07) is 3.78. The molecule has 4 rings (SSSR count). The number of pyridine rings is 1. The number of hydrogen-bond donors (Lipinski definition) is 0. The second-order valence-corrected chi connectivity index (χ2v) is 7.57. The second kappa shape index (κ2) is 6.53. The molecular formula is C17H22N4OS. The fraction of sp³-hybridized carbons (Fsp3) is 0.588. The molecule has 2 aromatic rings. The van der Waals surface area contributed by atoms with Crippen LogP contribution in [0.4, 0.5) is 0 Å². The van der Waals surface area contributed by atoms with Gasteiger partial charge >= 0.3 is 0 Å². The van der Waals surface area contributed by atoms with Gasteiger partial charge in [-0.3, -0.25) is 4.79 Å². The minimum absolute atomic E-state index is 0.0681. The Bertz CT molecular complexity index is 664. The summed E-state index contributed by atoms with van der Waals surface area (Å²) in [5.41, 5.74) is 0.822. The molecule has 0 spiro atoms. The molecular weight excluding hydrogens is 308 g/mol. The zero-order valence-electron chi connectivity index (χ0n) is 13.3. The first kappa shape index (κ1) is 15.0. The van der Waals surface area contributed by atoms with Crippen molar-refractivity contribution in [2.45, 2.75) is 25.7 Å². The van der Waals surface area contributed by atoms with Crippen LogP contribution in [0.2, 0.25) is 0 Å². The van der Waals surface area contributed by atoms with Crippen molar-refractivity contribution in [1.82, 2.24) is 19.8 Å². The minimum atomic E-state index is 0.0681. The number of rotatable bonds is 3. The quantitative estimate of drug-likeness (QED) is 0.868. The lowest BCUT2D eigenvalue weighted by molar-refractivity contribution is 0.0759. The van der Waals surface area contributed by atoms with Crippen LogP contribution in [0.25, 0.3) is 10.3 Å². The molecule has 6 heteroatoms. The second-order valence-electron chi connectivity index (χ2n) is 6.59. The van der Waals surface area contributed by atoms with Crippen LogP contribution in [0.15, 0.2) is 18.3 Å². The fourth-order valence-corrected chi connectivity index (χ4v) is 4.27. The maximum absolute atomic E-state index is 12.7. The van der Waals surface area contributed by atoms with Gasteiger partial charge in [-0.1, -0.05) is 17.8 Å². The van der Waals surface area contributed by atoms with Crippen LogP contribution in [-0.2, 0) is 0 Å². The summed E-state index contributed by atoms with van der Waals surface area (Å²) < 4.78 is 0. The number of aromatic nitrogens is 2. The van der Waals surface area contributed by atoms with E-state index in [0.717, 1.165) is 48.9 Å². The summed E-state index contributed by atoms with van der Waals surface area (Å²) in [5.74, 6) is 0.964. The Morgan fingerprint density at radius 3 is 2.91 bits per heavy atom. The van der Waals surface area contributed by atoms with Crippen molar-refractivity contribution in [2.24, 2.45) is 5.92 Å². The van der Waals surface area contributed by atoms with Crippen LogP contribution in [0.5, 0.6) is 0 Å². The molecule has 23 heavy (non-hydrogen) atoms. The molecule has 5 nitrogen and oxygen atoms in total. The average Bonchev–Trinajstić information content (AvgIpc) is 2.82. The molecule has 0 bridgehead atoms. The third kappa shape index (κ3) is 3.23. The van der Waals surface area contributed by atoms with Gasteiger partial charge in [-0.15, -0.1) is 0 Å². The first-order valence-electron chi connectivity index (χ1n) is 8.53. The van der Waals surface area contributed by atoms with Gasteiger partial charge in [0.05, 0.1) is 0 Å². The Morgan fingerprint density at radius 2 is 2.13 bits per heavy atom. The SMILES string of the molecule is O=C(c1nc2cccnc2s1)N1CCCN(CC2CCC2)CC1. The molecule has 1 saturated carbocycles. The van der Waals surface area contributed by atoms with Gasteiger partial charge in [0.25, 0.3) is 5.91 Å². The maximum atomic E-state index is 12.7. The fourth-order valence-electron chi connectivity index (χ4n) is 3.39. The Balaban J connectivity index is 1.41. The Kier molecular flexibility index (Phi) is 4.27. The predicted octanol–water partition coefficient (Wildman–Crippen LogP) is 2.64. The van der Waals surface area contributed by atoms with Crippen molar-refractivity contribution < 1.29 is 4.79 Å². The van der Waals surface area contributed by atoms with Crippen LogP contribution in [-0.4, -0.2) is 58.4 Å². The zero-order chi connectivity index (χ0) is 15.6. The number of amides is 1. The van der Waals surface area contributed by atoms with Gasteiger partial charge in [-0.05, 0) is 43.9 Å². The molecule has 1 saturated heterocycles. The Morgan fingerprint density at radius 1 is 1.22 bits per heavy atom. The van der Waals surface area contributed by atoms with Gasteiger partial charge < -0.3 is 9.80 Å². The first-order valence-corrected chi connectivity index (χ1v) is 9.34. The number of thiazole rings is 1. The molecule has 2 fully saturated rings. The van der Waals surface area contributed by atoms with E-state index < -0.39 is 0 Å². The van der Waals surface area contributed by atoms with Crippen molar-refractivity contribution in [3.05, 3.63) is 23.3 Å². The van der Waals surface area contributed by atoms with Gasteiger partial charge in [0.1, 0.15) is 10.3 Å². The van der Waals surface area contributed by atoms with Gasteiger partial charge in [-0.2, -0.15) is 0 Å². The zero-order valence-corrected chi connectivity index (χ0v) is 14.1. The molecule has 1 aliphatic carbocycles. The van der Waals surface area contributed by atoms with Crippen molar-refractivity contribution in [1.29, 1.82) is 0 Å². The monoisotopic (exact) mass is 330 g/mol. The number of fused-ring (bicyclic) bond motifs is 1. The number of carbonyl (C=O) groups is 1. The molecule has 3 heterocycles. The summed E-state index contributed by atoms with van der Waals surface area (Å²) in [6.45, 7) is 4.97. The highest BCUT2D eigenvalue weighted by Gasteiger charge is 2.25. The van der Waals surface area contributed by atoms with E-state index in [-0.39, 0.29) is 5.91 Å². The lowest BCUT2D eigenvalue weighted by Crippen LogP contribution is -2.37. The smallest absolute Gasteiger partial charge is 0.282 e. The lowest BCUT2D eigenvalue weighted by atomic mass is 9.85. The summed E-state index contributed by atoms with van der Waals surface area (Å²) in [5, 5.41) is 0.575. The van der Waals surface area contributed by atoms with E-state index in [0.29, 0.717) is 5.01 Å². The third-order valence-electron chi connectivity index (χ3n) is 4.97. The highest BCUT2D eigenvalue weighted by molar-refractivity contribution is 7.19.